The number of para-hydroxylation sites is 1. The molecule has 214 valence electrons. The normalized spacial score (nSPS) is 17.6. The lowest BCUT2D eigenvalue weighted by Crippen LogP contribution is -2.44. The molecule has 2 aliphatic heterocycles. The van der Waals surface area contributed by atoms with Crippen LogP contribution in [0.3, 0.4) is 0 Å². The summed E-state index contributed by atoms with van der Waals surface area (Å²) in [6.45, 7) is 0.279. The summed E-state index contributed by atoms with van der Waals surface area (Å²) in [5.41, 5.74) is 5.39. The van der Waals surface area contributed by atoms with Gasteiger partial charge in [0, 0.05) is 40.1 Å². The number of carbonyl (C=O) groups excluding carboxylic acids is 3. The van der Waals surface area contributed by atoms with E-state index in [1.807, 2.05) is 66.7 Å². The molecule has 5 aromatic rings. The van der Waals surface area contributed by atoms with Crippen LogP contribution in [-0.4, -0.2) is 40.9 Å². The van der Waals surface area contributed by atoms with Crippen LogP contribution in [0.2, 0.25) is 5.02 Å². The number of imide groups is 1. The Morgan fingerprint density at radius 2 is 1.67 bits per heavy atom. The first kappa shape index (κ1) is 26.8. The van der Waals surface area contributed by atoms with E-state index in [1.54, 1.807) is 42.3 Å². The van der Waals surface area contributed by atoms with Crippen molar-refractivity contribution in [3.63, 3.8) is 0 Å². The molecular formula is C34H27ClN4O4. The number of amides is 4. The van der Waals surface area contributed by atoms with Crippen molar-refractivity contribution in [3.05, 3.63) is 130 Å². The van der Waals surface area contributed by atoms with Gasteiger partial charge in [0.1, 0.15) is 17.8 Å². The van der Waals surface area contributed by atoms with Crippen LogP contribution in [0, 0.1) is 0 Å². The second kappa shape index (κ2) is 10.6. The quantitative estimate of drug-likeness (QED) is 0.229. The molecule has 8 nitrogen and oxygen atoms in total. The summed E-state index contributed by atoms with van der Waals surface area (Å²) in [6, 6.07) is 27.8. The molecule has 2 atom stereocenters. The third-order valence-corrected chi connectivity index (χ3v) is 8.63. The molecular weight excluding hydrogens is 564 g/mol. The number of halogens is 1. The third-order valence-electron chi connectivity index (χ3n) is 8.27. The van der Waals surface area contributed by atoms with Crippen molar-refractivity contribution in [2.24, 2.45) is 0 Å². The molecule has 1 saturated heterocycles. The first-order valence-corrected chi connectivity index (χ1v) is 14.3. The molecule has 4 amide bonds. The van der Waals surface area contributed by atoms with Gasteiger partial charge in [0.15, 0.2) is 0 Å². The Balaban J connectivity index is 1.19. The molecule has 1 fully saturated rings. The van der Waals surface area contributed by atoms with Crippen LogP contribution >= 0.6 is 11.6 Å². The molecule has 3 heterocycles. The van der Waals surface area contributed by atoms with Crippen LogP contribution in [-0.2, 0) is 17.8 Å². The fourth-order valence-electron chi connectivity index (χ4n) is 6.13. The average molecular weight is 591 g/mol. The summed E-state index contributed by atoms with van der Waals surface area (Å²) in [7, 11) is 1.61. The van der Waals surface area contributed by atoms with Crippen molar-refractivity contribution in [2.45, 2.75) is 25.0 Å². The number of benzene rings is 4. The second-order valence-electron chi connectivity index (χ2n) is 10.6. The summed E-state index contributed by atoms with van der Waals surface area (Å²) < 4.78 is 5.36. The van der Waals surface area contributed by atoms with Crippen LogP contribution in [0.5, 0.6) is 5.75 Å². The maximum absolute atomic E-state index is 14.1. The molecule has 1 unspecified atom stereocenters. The number of hydrogen-bond acceptors (Lipinski definition) is 4. The van der Waals surface area contributed by atoms with Crippen molar-refractivity contribution in [3.8, 4) is 5.75 Å². The highest BCUT2D eigenvalue weighted by atomic mass is 35.5. The number of fused-ring (bicyclic) bond motifs is 4. The number of rotatable bonds is 6. The number of anilines is 1. The maximum Gasteiger partial charge on any atom is 0.332 e. The van der Waals surface area contributed by atoms with Gasteiger partial charge in [-0.1, -0.05) is 60.1 Å². The number of aromatic amines is 1. The van der Waals surface area contributed by atoms with E-state index in [4.69, 9.17) is 16.3 Å². The fraction of sp³-hybridized carbons (Fsp3) is 0.147. The van der Waals surface area contributed by atoms with Crippen LogP contribution in [0.25, 0.3) is 10.9 Å². The molecule has 4 aromatic carbocycles. The Morgan fingerprint density at radius 1 is 0.953 bits per heavy atom. The number of urea groups is 1. The highest BCUT2D eigenvalue weighted by Gasteiger charge is 2.53. The molecule has 7 rings (SSSR count). The lowest BCUT2D eigenvalue weighted by Gasteiger charge is -2.36. The Labute approximate surface area is 252 Å². The van der Waals surface area contributed by atoms with E-state index in [-0.39, 0.29) is 18.4 Å². The highest BCUT2D eigenvalue weighted by Crippen LogP contribution is 2.45. The van der Waals surface area contributed by atoms with Crippen LogP contribution in [0.1, 0.15) is 38.8 Å². The number of aromatic nitrogens is 1. The van der Waals surface area contributed by atoms with Gasteiger partial charge in [-0.3, -0.25) is 14.5 Å². The predicted octanol–water partition coefficient (Wildman–Crippen LogP) is 6.24. The summed E-state index contributed by atoms with van der Waals surface area (Å²) in [4.78, 5) is 47.3. The van der Waals surface area contributed by atoms with Gasteiger partial charge < -0.3 is 15.0 Å². The first-order chi connectivity index (χ1) is 20.9. The smallest absolute Gasteiger partial charge is 0.332 e. The van der Waals surface area contributed by atoms with Gasteiger partial charge in [-0.2, -0.15) is 0 Å². The van der Waals surface area contributed by atoms with E-state index in [0.717, 1.165) is 33.3 Å². The number of ether oxygens (including phenoxy) is 1. The number of nitrogens with zero attached hydrogens (tertiary/aromatic N) is 2. The molecule has 2 aliphatic rings. The van der Waals surface area contributed by atoms with Gasteiger partial charge in [0.2, 0.25) is 0 Å². The van der Waals surface area contributed by atoms with E-state index in [0.29, 0.717) is 28.4 Å². The number of nitrogens with one attached hydrogen (secondary N) is 2. The van der Waals surface area contributed by atoms with Crippen molar-refractivity contribution < 1.29 is 19.1 Å². The van der Waals surface area contributed by atoms with Gasteiger partial charge in [0.25, 0.3) is 11.8 Å². The van der Waals surface area contributed by atoms with Crippen molar-refractivity contribution in [1.29, 1.82) is 0 Å². The van der Waals surface area contributed by atoms with Crippen LogP contribution < -0.4 is 15.0 Å². The molecule has 9 heteroatoms. The average Bonchev–Trinajstić information content (AvgIpc) is 3.53. The summed E-state index contributed by atoms with van der Waals surface area (Å²) in [5, 5.41) is 4.49. The van der Waals surface area contributed by atoms with E-state index in [1.165, 1.54) is 4.90 Å². The molecule has 0 bridgehead atoms. The fourth-order valence-corrected chi connectivity index (χ4v) is 6.33. The van der Waals surface area contributed by atoms with Crippen molar-refractivity contribution in [1.82, 2.24) is 15.2 Å². The van der Waals surface area contributed by atoms with Crippen molar-refractivity contribution >= 4 is 46.0 Å². The Bertz CT molecular complexity index is 1880. The Hall–Kier alpha value is -5.08. The van der Waals surface area contributed by atoms with Crippen LogP contribution in [0.4, 0.5) is 10.5 Å². The van der Waals surface area contributed by atoms with Crippen LogP contribution in [0.15, 0.2) is 97.1 Å². The third kappa shape index (κ3) is 4.51. The summed E-state index contributed by atoms with van der Waals surface area (Å²) in [5.74, 6) is 0.123. The number of H-pyrrole nitrogens is 1. The summed E-state index contributed by atoms with van der Waals surface area (Å²) in [6.07, 6.45) is 0.398. The van der Waals surface area contributed by atoms with E-state index in [2.05, 4.69) is 10.3 Å². The molecule has 2 N–H and O–H groups in total. The molecule has 0 spiro atoms. The molecule has 0 radical (unpaired) electrons. The minimum Gasteiger partial charge on any atom is -0.497 e. The standard InChI is InChI=1S/C34H27ClN4O4/c1-43-24-16-12-20(13-17-24)31-30-26(25-7-3-5-9-28(25)37-30)18-29-33(41)38(34(42)39(29)31)23-14-10-21(11-15-23)32(40)36-19-22-6-2-4-8-27(22)35/h2-17,29,31,37H,18-19H2,1H3,(H,36,40)/t29-,31?/m0/s1. The van der Waals surface area contributed by atoms with Gasteiger partial charge in [-0.25, -0.2) is 9.69 Å². The lowest BCUT2D eigenvalue weighted by atomic mass is 9.89. The van der Waals surface area contributed by atoms with Gasteiger partial charge >= 0.3 is 6.03 Å². The number of carbonyl (C=O) groups is 3. The number of hydrogen-bond donors (Lipinski definition) is 2. The van der Waals surface area contributed by atoms with Gasteiger partial charge in [0.05, 0.1) is 12.8 Å². The minimum absolute atomic E-state index is 0.279. The minimum atomic E-state index is -0.676. The lowest BCUT2D eigenvalue weighted by molar-refractivity contribution is -0.120. The zero-order chi connectivity index (χ0) is 29.7. The maximum atomic E-state index is 14.1. The second-order valence-corrected chi connectivity index (χ2v) is 11.1. The van der Waals surface area contributed by atoms with E-state index < -0.39 is 18.1 Å². The highest BCUT2D eigenvalue weighted by molar-refractivity contribution is 6.31. The topological polar surface area (TPSA) is 94.7 Å². The monoisotopic (exact) mass is 590 g/mol. The van der Waals surface area contributed by atoms with Gasteiger partial charge in [-0.05, 0) is 65.2 Å². The largest absolute Gasteiger partial charge is 0.497 e. The van der Waals surface area contributed by atoms with E-state index >= 15 is 0 Å². The van der Waals surface area contributed by atoms with E-state index in [9.17, 15) is 14.4 Å². The molecule has 0 aliphatic carbocycles. The Kier molecular flexibility index (Phi) is 6.63. The first-order valence-electron chi connectivity index (χ1n) is 14.0. The number of methoxy groups -OCH3 is 1. The Morgan fingerprint density at radius 3 is 2.42 bits per heavy atom. The predicted molar refractivity (Wildman–Crippen MR) is 164 cm³/mol. The molecule has 0 saturated carbocycles. The SMILES string of the molecule is COc1ccc(C2c3[nH]c4ccccc4c3C[C@H]3C(=O)N(c4ccc(C(=O)NCc5ccccc5Cl)cc4)C(=O)N23)cc1. The summed E-state index contributed by atoms with van der Waals surface area (Å²) >= 11 is 6.21. The zero-order valence-electron chi connectivity index (χ0n) is 23.2. The van der Waals surface area contributed by atoms with Crippen molar-refractivity contribution in [2.75, 3.05) is 12.0 Å². The van der Waals surface area contributed by atoms with Gasteiger partial charge in [-0.15, -0.1) is 0 Å². The molecule has 1 aromatic heterocycles. The molecule has 43 heavy (non-hydrogen) atoms. The zero-order valence-corrected chi connectivity index (χ0v) is 24.0.